The molecule has 5 nitrogen and oxygen atoms in total. The Labute approximate surface area is 154 Å². The van der Waals surface area contributed by atoms with Crippen LogP contribution in [0.3, 0.4) is 0 Å². The minimum atomic E-state index is -3.29. The second-order valence-electron chi connectivity index (χ2n) is 6.80. The summed E-state index contributed by atoms with van der Waals surface area (Å²) in [5.74, 6) is -8.11. The van der Waals surface area contributed by atoms with Crippen LogP contribution >= 0.6 is 0 Å². The zero-order valence-electron chi connectivity index (χ0n) is 14.2. The van der Waals surface area contributed by atoms with Gasteiger partial charge in [0.15, 0.2) is 0 Å². The second-order valence-corrected chi connectivity index (χ2v) is 6.80. The summed E-state index contributed by atoms with van der Waals surface area (Å²) in [6, 6.07) is 15.7. The van der Waals surface area contributed by atoms with Crippen molar-refractivity contribution < 1.29 is 28.2 Å². The third-order valence-electron chi connectivity index (χ3n) is 5.28. The number of amides is 1. The third kappa shape index (κ3) is 2.93. The number of alkyl carbamates (subject to hydrolysis) is 1. The number of ether oxygens (including phenoxy) is 1. The molecule has 0 radical (unpaired) electrons. The van der Waals surface area contributed by atoms with Crippen LogP contribution in [0.25, 0.3) is 11.1 Å². The molecule has 1 amide bonds. The number of carboxylic acid groups (broad SMARTS) is 1. The molecule has 0 heterocycles. The van der Waals surface area contributed by atoms with Crippen LogP contribution in [-0.4, -0.2) is 36.2 Å². The van der Waals surface area contributed by atoms with Gasteiger partial charge in [0, 0.05) is 12.5 Å². The van der Waals surface area contributed by atoms with E-state index in [1.807, 2.05) is 48.5 Å². The summed E-state index contributed by atoms with van der Waals surface area (Å²) in [6.07, 6.45) is -0.830. The van der Waals surface area contributed by atoms with Crippen molar-refractivity contribution in [1.82, 2.24) is 5.32 Å². The lowest BCUT2D eigenvalue weighted by Crippen LogP contribution is -2.29. The fourth-order valence-electron chi connectivity index (χ4n) is 3.82. The van der Waals surface area contributed by atoms with Gasteiger partial charge in [-0.2, -0.15) is 0 Å². The average molecular weight is 373 g/mol. The summed E-state index contributed by atoms with van der Waals surface area (Å²) < 4.78 is 31.9. The Morgan fingerprint density at radius 3 is 2.11 bits per heavy atom. The maximum absolute atomic E-state index is 13.4. The molecule has 1 saturated carbocycles. The van der Waals surface area contributed by atoms with Gasteiger partial charge in [0.25, 0.3) is 5.92 Å². The van der Waals surface area contributed by atoms with E-state index in [4.69, 9.17) is 9.84 Å². The predicted octanol–water partition coefficient (Wildman–Crippen LogP) is 3.49. The summed E-state index contributed by atoms with van der Waals surface area (Å²) in [4.78, 5) is 22.7. The third-order valence-corrected chi connectivity index (χ3v) is 5.28. The molecule has 0 bridgehead atoms. The molecule has 7 heteroatoms. The molecular weight excluding hydrogens is 356 g/mol. The first-order chi connectivity index (χ1) is 12.9. The molecule has 0 aromatic heterocycles. The first kappa shape index (κ1) is 17.5. The molecule has 2 aromatic carbocycles. The molecule has 140 valence electrons. The molecule has 0 unspecified atom stereocenters. The van der Waals surface area contributed by atoms with Crippen LogP contribution in [0.2, 0.25) is 0 Å². The molecule has 2 aliphatic carbocycles. The number of benzene rings is 2. The maximum atomic E-state index is 13.4. The number of halogens is 2. The van der Waals surface area contributed by atoms with Crippen molar-refractivity contribution in [3.05, 3.63) is 59.7 Å². The van der Waals surface area contributed by atoms with Crippen LogP contribution in [0.4, 0.5) is 13.6 Å². The minimum Gasteiger partial charge on any atom is -0.481 e. The van der Waals surface area contributed by atoms with Gasteiger partial charge in [-0.25, -0.2) is 13.6 Å². The van der Waals surface area contributed by atoms with Gasteiger partial charge in [-0.15, -0.1) is 0 Å². The van der Waals surface area contributed by atoms with E-state index in [0.29, 0.717) is 0 Å². The van der Waals surface area contributed by atoms with Crippen molar-refractivity contribution in [2.24, 2.45) is 11.8 Å². The van der Waals surface area contributed by atoms with Gasteiger partial charge in [0.1, 0.15) is 12.5 Å². The van der Waals surface area contributed by atoms with E-state index in [9.17, 15) is 18.4 Å². The van der Waals surface area contributed by atoms with E-state index in [1.54, 1.807) is 0 Å². The van der Waals surface area contributed by atoms with E-state index < -0.39 is 36.4 Å². The average Bonchev–Trinajstić information content (AvgIpc) is 3.06. The van der Waals surface area contributed by atoms with Crippen LogP contribution in [0.5, 0.6) is 0 Å². The van der Waals surface area contributed by atoms with Gasteiger partial charge >= 0.3 is 12.1 Å². The highest BCUT2D eigenvalue weighted by atomic mass is 19.3. The number of carboxylic acids is 1. The summed E-state index contributed by atoms with van der Waals surface area (Å²) in [7, 11) is 0. The normalized spacial score (nSPS) is 21.9. The van der Waals surface area contributed by atoms with Crippen molar-refractivity contribution in [1.29, 1.82) is 0 Å². The number of aliphatic carboxylic acids is 1. The quantitative estimate of drug-likeness (QED) is 0.841. The standard InChI is InChI=1S/C20H17F2NO4/c21-20(22)16(17(20)18(24)25)9-23-19(26)27-10-15-13-7-3-1-5-11(13)12-6-2-4-8-14(12)15/h1-8,15-17H,9-10H2,(H,23,26)(H,24,25)/t16-,17-/m1/s1. The molecule has 2 aromatic rings. The predicted molar refractivity (Wildman–Crippen MR) is 92.6 cm³/mol. The molecular formula is C20H17F2NO4. The highest BCUT2D eigenvalue weighted by Crippen LogP contribution is 2.54. The molecule has 4 rings (SSSR count). The molecule has 2 atom stereocenters. The second kappa shape index (κ2) is 6.33. The van der Waals surface area contributed by atoms with Crippen LogP contribution in [0, 0.1) is 11.8 Å². The topological polar surface area (TPSA) is 75.6 Å². The molecule has 1 fully saturated rings. The van der Waals surface area contributed by atoms with Crippen molar-refractivity contribution >= 4 is 12.1 Å². The van der Waals surface area contributed by atoms with Gasteiger partial charge in [0.2, 0.25) is 0 Å². The van der Waals surface area contributed by atoms with E-state index >= 15 is 0 Å². The Kier molecular flexibility index (Phi) is 4.09. The summed E-state index contributed by atoms with van der Waals surface area (Å²) in [5, 5.41) is 11.0. The van der Waals surface area contributed by atoms with E-state index in [0.717, 1.165) is 22.3 Å². The smallest absolute Gasteiger partial charge is 0.407 e. The van der Waals surface area contributed by atoms with Crippen LogP contribution < -0.4 is 5.32 Å². The van der Waals surface area contributed by atoms with E-state index in [2.05, 4.69) is 5.32 Å². The fourth-order valence-corrected chi connectivity index (χ4v) is 3.82. The Bertz CT molecular complexity index is 869. The Balaban J connectivity index is 1.38. The lowest BCUT2D eigenvalue weighted by atomic mass is 9.98. The van der Waals surface area contributed by atoms with Gasteiger partial charge in [-0.1, -0.05) is 48.5 Å². The van der Waals surface area contributed by atoms with Crippen molar-refractivity contribution in [3.8, 4) is 11.1 Å². The Hall–Kier alpha value is -2.96. The lowest BCUT2D eigenvalue weighted by Gasteiger charge is -2.14. The Morgan fingerprint density at radius 2 is 1.59 bits per heavy atom. The lowest BCUT2D eigenvalue weighted by molar-refractivity contribution is -0.140. The summed E-state index contributed by atoms with van der Waals surface area (Å²) >= 11 is 0. The van der Waals surface area contributed by atoms with Crippen molar-refractivity contribution in [2.45, 2.75) is 11.8 Å². The van der Waals surface area contributed by atoms with Gasteiger partial charge in [-0.05, 0) is 22.3 Å². The van der Waals surface area contributed by atoms with Crippen LogP contribution in [0.15, 0.2) is 48.5 Å². The number of rotatable bonds is 5. The molecule has 0 aliphatic heterocycles. The van der Waals surface area contributed by atoms with E-state index in [1.165, 1.54) is 0 Å². The maximum Gasteiger partial charge on any atom is 0.407 e. The number of carbonyl (C=O) groups excluding carboxylic acids is 1. The summed E-state index contributed by atoms with van der Waals surface area (Å²) in [6.45, 7) is -0.357. The Morgan fingerprint density at radius 1 is 1.04 bits per heavy atom. The van der Waals surface area contributed by atoms with Gasteiger partial charge in [0.05, 0.1) is 5.92 Å². The van der Waals surface area contributed by atoms with E-state index in [-0.39, 0.29) is 12.5 Å². The van der Waals surface area contributed by atoms with Crippen LogP contribution in [0.1, 0.15) is 17.0 Å². The molecule has 0 saturated heterocycles. The number of alkyl halides is 2. The molecule has 2 N–H and O–H groups in total. The molecule has 2 aliphatic rings. The number of hydrogen-bond donors (Lipinski definition) is 2. The molecule has 27 heavy (non-hydrogen) atoms. The van der Waals surface area contributed by atoms with Crippen molar-refractivity contribution in [3.63, 3.8) is 0 Å². The number of nitrogens with one attached hydrogen (secondary N) is 1. The fraction of sp³-hybridized carbons (Fsp3) is 0.300. The highest BCUT2D eigenvalue weighted by Gasteiger charge is 2.72. The SMILES string of the molecule is O=C(NC[C@@H]1[C@H](C(=O)O)C1(F)F)OCC1c2ccccc2-c2ccccc21. The zero-order chi connectivity index (χ0) is 19.2. The molecule has 0 spiro atoms. The first-order valence-electron chi connectivity index (χ1n) is 8.60. The zero-order valence-corrected chi connectivity index (χ0v) is 14.2. The number of carbonyl (C=O) groups is 2. The number of fused-ring (bicyclic) bond motifs is 3. The largest absolute Gasteiger partial charge is 0.481 e. The number of hydrogen-bond acceptors (Lipinski definition) is 3. The minimum absolute atomic E-state index is 0.0727. The summed E-state index contributed by atoms with van der Waals surface area (Å²) in [5.41, 5.74) is 4.27. The van der Waals surface area contributed by atoms with Crippen molar-refractivity contribution in [2.75, 3.05) is 13.2 Å². The van der Waals surface area contributed by atoms with Gasteiger partial charge < -0.3 is 15.2 Å². The monoisotopic (exact) mass is 373 g/mol. The van der Waals surface area contributed by atoms with Gasteiger partial charge in [-0.3, -0.25) is 4.79 Å². The van der Waals surface area contributed by atoms with Crippen LogP contribution in [-0.2, 0) is 9.53 Å². The first-order valence-corrected chi connectivity index (χ1v) is 8.60. The highest BCUT2D eigenvalue weighted by molar-refractivity contribution is 5.79.